The van der Waals surface area contributed by atoms with E-state index in [4.69, 9.17) is 9.47 Å². The van der Waals surface area contributed by atoms with E-state index in [1.807, 2.05) is 30.3 Å². The first-order valence-electron chi connectivity index (χ1n) is 14.0. The van der Waals surface area contributed by atoms with Gasteiger partial charge in [-0.2, -0.15) is 5.10 Å². The molecule has 0 aliphatic rings. The number of sulfonamides is 1. The number of carbonyl (C=O) groups is 3. The van der Waals surface area contributed by atoms with E-state index in [1.54, 1.807) is 36.4 Å². The van der Waals surface area contributed by atoms with Crippen molar-refractivity contribution >= 4 is 45.3 Å². The van der Waals surface area contributed by atoms with Crippen molar-refractivity contribution in [1.82, 2.24) is 10.7 Å². The lowest BCUT2D eigenvalue weighted by Gasteiger charge is -2.24. The SMILES string of the molecule is COc1ccc(N(CC(=O)N/N=C\c2ccc(OCC(=O)NCc3ccccc3)cc2)S(=O)(=O)c2ccc(NC(C)=O)cc2)cc1. The summed E-state index contributed by atoms with van der Waals surface area (Å²) in [5.74, 6) is -0.257. The maximum Gasteiger partial charge on any atom is 0.264 e. The second-order valence-electron chi connectivity index (χ2n) is 9.83. The Balaban J connectivity index is 1.36. The largest absolute Gasteiger partial charge is 0.497 e. The number of amides is 3. The van der Waals surface area contributed by atoms with E-state index in [-0.39, 0.29) is 29.0 Å². The third kappa shape index (κ3) is 9.66. The molecule has 3 N–H and O–H groups in total. The van der Waals surface area contributed by atoms with Crippen LogP contribution in [0.4, 0.5) is 11.4 Å². The van der Waals surface area contributed by atoms with Gasteiger partial charge < -0.3 is 20.1 Å². The molecule has 0 atom stereocenters. The number of hydrogen-bond acceptors (Lipinski definition) is 8. The second-order valence-corrected chi connectivity index (χ2v) is 11.7. The Morgan fingerprint density at radius 2 is 1.48 bits per heavy atom. The van der Waals surface area contributed by atoms with E-state index in [2.05, 4.69) is 21.2 Å². The van der Waals surface area contributed by atoms with Gasteiger partial charge in [0.2, 0.25) is 5.91 Å². The van der Waals surface area contributed by atoms with Gasteiger partial charge in [-0.3, -0.25) is 18.7 Å². The third-order valence-electron chi connectivity index (χ3n) is 6.40. The summed E-state index contributed by atoms with van der Waals surface area (Å²) in [7, 11) is -2.72. The summed E-state index contributed by atoms with van der Waals surface area (Å²) in [6.07, 6.45) is 1.39. The average Bonchev–Trinajstić information content (AvgIpc) is 3.06. The molecule has 12 nitrogen and oxygen atoms in total. The number of carbonyl (C=O) groups excluding carboxylic acids is 3. The van der Waals surface area contributed by atoms with E-state index >= 15 is 0 Å². The van der Waals surface area contributed by atoms with Crippen molar-refractivity contribution in [2.45, 2.75) is 18.4 Å². The molecule has 238 valence electrons. The number of nitrogens with zero attached hydrogens (tertiary/aromatic N) is 2. The normalized spacial score (nSPS) is 11.0. The van der Waals surface area contributed by atoms with Gasteiger partial charge in [0.15, 0.2) is 6.61 Å². The first-order chi connectivity index (χ1) is 22.1. The molecule has 0 radical (unpaired) electrons. The number of anilines is 2. The lowest BCUT2D eigenvalue weighted by Crippen LogP contribution is -2.39. The van der Waals surface area contributed by atoms with Crippen LogP contribution in [-0.4, -0.2) is 52.6 Å². The molecule has 4 rings (SSSR count). The van der Waals surface area contributed by atoms with E-state index in [9.17, 15) is 22.8 Å². The van der Waals surface area contributed by atoms with Crippen LogP contribution < -0.4 is 29.8 Å². The number of benzene rings is 4. The molecule has 0 aliphatic heterocycles. The molecule has 4 aromatic carbocycles. The van der Waals surface area contributed by atoms with Gasteiger partial charge >= 0.3 is 0 Å². The predicted octanol–water partition coefficient (Wildman–Crippen LogP) is 3.69. The van der Waals surface area contributed by atoms with Crippen LogP contribution in [0.15, 0.2) is 113 Å². The molecule has 0 heterocycles. The van der Waals surface area contributed by atoms with Crippen molar-refractivity contribution in [2.75, 3.05) is 29.9 Å². The van der Waals surface area contributed by atoms with Crippen molar-refractivity contribution in [1.29, 1.82) is 0 Å². The number of hydrogen-bond donors (Lipinski definition) is 3. The number of rotatable bonds is 14. The molecular formula is C33H33N5O7S. The maximum absolute atomic E-state index is 13.6. The number of methoxy groups -OCH3 is 1. The van der Waals surface area contributed by atoms with Gasteiger partial charge in [0.25, 0.3) is 21.8 Å². The molecule has 0 aromatic heterocycles. The fourth-order valence-electron chi connectivity index (χ4n) is 4.10. The van der Waals surface area contributed by atoms with Gasteiger partial charge in [-0.25, -0.2) is 13.8 Å². The van der Waals surface area contributed by atoms with Crippen molar-refractivity contribution in [3.63, 3.8) is 0 Å². The van der Waals surface area contributed by atoms with Gasteiger partial charge in [-0.05, 0) is 83.9 Å². The fraction of sp³-hybridized carbons (Fsp3) is 0.152. The molecule has 0 aliphatic carbocycles. The maximum atomic E-state index is 13.6. The van der Waals surface area contributed by atoms with Crippen LogP contribution in [-0.2, 0) is 31.0 Å². The Hall–Kier alpha value is -5.69. The number of ether oxygens (including phenoxy) is 2. The molecule has 46 heavy (non-hydrogen) atoms. The predicted molar refractivity (Wildman–Crippen MR) is 174 cm³/mol. The highest BCUT2D eigenvalue weighted by atomic mass is 32.2. The monoisotopic (exact) mass is 643 g/mol. The van der Waals surface area contributed by atoms with Crippen LogP contribution in [0.25, 0.3) is 0 Å². The zero-order valence-electron chi connectivity index (χ0n) is 25.2. The molecule has 0 spiro atoms. The van der Waals surface area contributed by atoms with Gasteiger partial charge in [0.05, 0.1) is 23.9 Å². The number of hydrazone groups is 1. The topological polar surface area (TPSA) is 155 Å². The first-order valence-corrected chi connectivity index (χ1v) is 15.5. The first kappa shape index (κ1) is 33.2. The molecular weight excluding hydrogens is 610 g/mol. The van der Waals surface area contributed by atoms with Crippen molar-refractivity contribution < 1.29 is 32.3 Å². The molecule has 13 heteroatoms. The molecule has 0 fully saturated rings. The summed E-state index contributed by atoms with van der Waals surface area (Å²) in [6.45, 7) is 1.03. The Morgan fingerprint density at radius 1 is 0.826 bits per heavy atom. The average molecular weight is 644 g/mol. The summed E-state index contributed by atoms with van der Waals surface area (Å²) in [6, 6.07) is 28.0. The van der Waals surface area contributed by atoms with Crippen LogP contribution in [0.3, 0.4) is 0 Å². The molecule has 3 amide bonds. The summed E-state index contributed by atoms with van der Waals surface area (Å²) >= 11 is 0. The minimum atomic E-state index is -4.20. The van der Waals surface area contributed by atoms with Gasteiger partial charge in [0.1, 0.15) is 18.0 Å². The quantitative estimate of drug-likeness (QED) is 0.140. The van der Waals surface area contributed by atoms with E-state index in [1.165, 1.54) is 56.6 Å². The van der Waals surface area contributed by atoms with Gasteiger partial charge in [0, 0.05) is 19.2 Å². The van der Waals surface area contributed by atoms with Crippen LogP contribution in [0, 0.1) is 0 Å². The Morgan fingerprint density at radius 3 is 2.11 bits per heavy atom. The molecule has 4 aromatic rings. The Labute approximate surface area is 267 Å². The highest BCUT2D eigenvalue weighted by Gasteiger charge is 2.27. The summed E-state index contributed by atoms with van der Waals surface area (Å²) < 4.78 is 38.9. The third-order valence-corrected chi connectivity index (χ3v) is 8.18. The molecule has 0 saturated carbocycles. The zero-order chi connectivity index (χ0) is 32.9. The lowest BCUT2D eigenvalue weighted by molar-refractivity contribution is -0.123. The van der Waals surface area contributed by atoms with Crippen LogP contribution in [0.5, 0.6) is 11.5 Å². The summed E-state index contributed by atoms with van der Waals surface area (Å²) in [4.78, 5) is 36.2. The zero-order valence-corrected chi connectivity index (χ0v) is 26.0. The Kier molecular flexibility index (Phi) is 11.5. The fourth-order valence-corrected chi connectivity index (χ4v) is 5.52. The highest BCUT2D eigenvalue weighted by molar-refractivity contribution is 7.92. The van der Waals surface area contributed by atoms with Crippen LogP contribution in [0.1, 0.15) is 18.1 Å². The minimum Gasteiger partial charge on any atom is -0.497 e. The van der Waals surface area contributed by atoms with Crippen LogP contribution in [0.2, 0.25) is 0 Å². The van der Waals surface area contributed by atoms with Gasteiger partial charge in [-0.15, -0.1) is 0 Å². The lowest BCUT2D eigenvalue weighted by atomic mass is 10.2. The van der Waals surface area contributed by atoms with Gasteiger partial charge in [-0.1, -0.05) is 30.3 Å². The van der Waals surface area contributed by atoms with Crippen molar-refractivity contribution in [3.05, 3.63) is 114 Å². The van der Waals surface area contributed by atoms with E-state index < -0.39 is 22.5 Å². The smallest absolute Gasteiger partial charge is 0.264 e. The van der Waals surface area contributed by atoms with Crippen molar-refractivity contribution in [2.24, 2.45) is 5.10 Å². The number of nitrogens with one attached hydrogen (secondary N) is 3. The highest BCUT2D eigenvalue weighted by Crippen LogP contribution is 2.26. The van der Waals surface area contributed by atoms with Crippen LogP contribution >= 0.6 is 0 Å². The molecule has 0 unspecified atom stereocenters. The second kappa shape index (κ2) is 15.9. The standard InChI is InChI=1S/C33H33N5O7S/c1-24(39)36-27-10-18-31(19-11-27)46(42,43)38(28-12-16-29(44-2)17-13-28)22-32(40)37-35-21-26-8-14-30(15-9-26)45-23-33(41)34-20-25-6-4-3-5-7-25/h3-19,21H,20,22-23H2,1-2H3,(H,34,41)(H,36,39)(H,37,40)/b35-21-. The summed E-state index contributed by atoms with van der Waals surface area (Å²) in [5.41, 5.74) is 4.63. The molecule has 0 saturated heterocycles. The van der Waals surface area contributed by atoms with Crippen molar-refractivity contribution in [3.8, 4) is 11.5 Å². The Bertz CT molecular complexity index is 1760. The summed E-state index contributed by atoms with van der Waals surface area (Å²) in [5, 5.41) is 9.33. The molecule has 0 bridgehead atoms. The van der Waals surface area contributed by atoms with E-state index in [0.717, 1.165) is 9.87 Å². The van der Waals surface area contributed by atoms with E-state index in [0.29, 0.717) is 29.3 Å². The minimum absolute atomic E-state index is 0.0790.